The lowest BCUT2D eigenvalue weighted by molar-refractivity contribution is 0.00744. The Balaban J connectivity index is 2.87. The summed E-state index contributed by atoms with van der Waals surface area (Å²) in [6.07, 6.45) is 6.59. The molecular weight excluding hydrogens is 212 g/mol. The zero-order valence-electron chi connectivity index (χ0n) is 8.67. The molecule has 1 atom stereocenters. The Kier molecular flexibility index (Phi) is 4.24. The molecule has 1 aliphatic carbocycles. The van der Waals surface area contributed by atoms with Gasteiger partial charge < -0.3 is 5.53 Å². The van der Waals surface area contributed by atoms with Gasteiger partial charge in [0.2, 0.25) is 0 Å². The molecule has 5 heteroatoms. The summed E-state index contributed by atoms with van der Waals surface area (Å²) in [4.78, 5) is 2.61. The minimum absolute atomic E-state index is 0.124. The summed E-state index contributed by atoms with van der Waals surface area (Å²) in [5.74, 6) is 0.124. The van der Waals surface area contributed by atoms with Gasteiger partial charge in [0, 0.05) is 0 Å². The van der Waals surface area contributed by atoms with Crippen molar-refractivity contribution in [1.29, 1.82) is 0 Å². The van der Waals surface area contributed by atoms with E-state index in [2.05, 4.69) is 11.4 Å². The molecule has 0 aromatic rings. The van der Waals surface area contributed by atoms with Crippen LogP contribution in [0.25, 0.3) is 5.53 Å². The molecule has 0 aromatic carbocycles. The zero-order valence-corrected chi connectivity index (χ0v) is 9.49. The fourth-order valence-corrected chi connectivity index (χ4v) is 3.54. The van der Waals surface area contributed by atoms with Crippen molar-refractivity contribution in [1.82, 2.24) is 0 Å². The molecule has 0 radical (unpaired) electrons. The Hall–Kier alpha value is -0.930. The Bertz CT molecular complexity index is 363. The third-order valence-corrected chi connectivity index (χ3v) is 4.64. The van der Waals surface area contributed by atoms with E-state index in [1.807, 2.05) is 0 Å². The van der Waals surface area contributed by atoms with Crippen molar-refractivity contribution < 1.29 is 13.2 Å². The maximum Gasteiger partial charge on any atom is 0.370 e. The van der Waals surface area contributed by atoms with E-state index in [1.165, 1.54) is 12.5 Å². The van der Waals surface area contributed by atoms with Crippen LogP contribution in [0.3, 0.4) is 0 Å². The molecule has 1 aliphatic rings. The third-order valence-electron chi connectivity index (χ3n) is 2.92. The summed E-state index contributed by atoms with van der Waals surface area (Å²) in [6, 6.07) is 0. The first-order valence-electron chi connectivity index (χ1n) is 5.15. The van der Waals surface area contributed by atoms with Gasteiger partial charge >= 0.3 is 5.55 Å². The van der Waals surface area contributed by atoms with Gasteiger partial charge in [0.05, 0.1) is 5.25 Å². The van der Waals surface area contributed by atoms with E-state index in [9.17, 15) is 8.42 Å². The Morgan fingerprint density at radius 1 is 1.33 bits per heavy atom. The summed E-state index contributed by atoms with van der Waals surface area (Å²) >= 11 is 0. The first kappa shape index (κ1) is 12.1. The van der Waals surface area contributed by atoms with E-state index in [0.717, 1.165) is 25.7 Å². The van der Waals surface area contributed by atoms with E-state index in [1.54, 1.807) is 0 Å². The van der Waals surface area contributed by atoms with Crippen LogP contribution in [-0.2, 0) is 9.84 Å². The Labute approximate surface area is 90.5 Å². The van der Waals surface area contributed by atoms with Gasteiger partial charge in [-0.15, -0.1) is 6.58 Å². The van der Waals surface area contributed by atoms with Gasteiger partial charge in [-0.25, -0.2) is 8.42 Å². The maximum atomic E-state index is 11.7. The van der Waals surface area contributed by atoms with Gasteiger partial charge in [0.25, 0.3) is 9.84 Å². The molecule has 0 aromatic heterocycles. The van der Waals surface area contributed by atoms with Gasteiger partial charge in [-0.3, -0.25) is 0 Å². The number of nitrogens with zero attached hydrogens (tertiary/aromatic N) is 2. The number of sulfone groups is 1. The second-order valence-electron chi connectivity index (χ2n) is 3.91. The van der Waals surface area contributed by atoms with Crippen molar-refractivity contribution in [3.8, 4) is 0 Å². The summed E-state index contributed by atoms with van der Waals surface area (Å²) in [6.45, 7) is 3.56. The van der Waals surface area contributed by atoms with Crippen molar-refractivity contribution in [2.75, 3.05) is 0 Å². The fraction of sp³-hybridized carbons (Fsp3) is 0.700. The smallest absolute Gasteiger partial charge is 0.361 e. The molecule has 0 amide bonds. The van der Waals surface area contributed by atoms with Gasteiger partial charge in [-0.2, -0.15) is 4.79 Å². The first-order chi connectivity index (χ1) is 7.11. The summed E-state index contributed by atoms with van der Waals surface area (Å²) < 4.78 is 23.4. The molecule has 0 saturated heterocycles. The lowest BCUT2D eigenvalue weighted by Crippen LogP contribution is -2.30. The number of hydrogen-bond donors (Lipinski definition) is 0. The number of rotatable bonds is 4. The zero-order chi connectivity index (χ0) is 11.3. The second-order valence-corrected chi connectivity index (χ2v) is 5.84. The molecule has 0 heterocycles. The van der Waals surface area contributed by atoms with Crippen LogP contribution in [0.5, 0.6) is 0 Å². The lowest BCUT2D eigenvalue weighted by atomic mass is 9.87. The quantitative estimate of drug-likeness (QED) is 0.242. The van der Waals surface area contributed by atoms with Crippen LogP contribution in [0.4, 0.5) is 0 Å². The highest BCUT2D eigenvalue weighted by Gasteiger charge is 2.33. The predicted octanol–water partition coefficient (Wildman–Crippen LogP) is 1.79. The molecule has 0 spiro atoms. The van der Waals surface area contributed by atoms with E-state index < -0.39 is 15.1 Å². The largest absolute Gasteiger partial charge is 0.370 e. The van der Waals surface area contributed by atoms with Crippen molar-refractivity contribution in [2.24, 2.45) is 5.92 Å². The lowest BCUT2D eigenvalue weighted by Gasteiger charge is -2.25. The van der Waals surface area contributed by atoms with Crippen molar-refractivity contribution >= 4 is 15.4 Å². The van der Waals surface area contributed by atoms with Crippen LogP contribution in [0.2, 0.25) is 0 Å². The highest BCUT2D eigenvalue weighted by molar-refractivity contribution is 8.04. The van der Waals surface area contributed by atoms with Crippen molar-refractivity contribution in [3.05, 3.63) is 18.2 Å². The van der Waals surface area contributed by atoms with Crippen LogP contribution in [0.1, 0.15) is 32.1 Å². The average Bonchev–Trinajstić information content (AvgIpc) is 2.19. The van der Waals surface area contributed by atoms with Crippen LogP contribution in [0.15, 0.2) is 12.7 Å². The Morgan fingerprint density at radius 3 is 2.40 bits per heavy atom. The minimum Gasteiger partial charge on any atom is -0.361 e. The predicted molar refractivity (Wildman–Crippen MR) is 59.2 cm³/mol. The van der Waals surface area contributed by atoms with Gasteiger partial charge in [-0.1, -0.05) is 25.3 Å². The normalized spacial score (nSPS) is 20.3. The standard InChI is InChI=1S/C10H16N2O2S/c1-2-10(15(13,14)8-12-11)9-6-4-3-5-7-9/h2,8-10H,1,3-7H2. The van der Waals surface area contributed by atoms with Crippen molar-refractivity contribution in [3.63, 3.8) is 0 Å². The molecule has 0 N–H and O–H groups in total. The molecule has 15 heavy (non-hydrogen) atoms. The highest BCUT2D eigenvalue weighted by Crippen LogP contribution is 2.30. The van der Waals surface area contributed by atoms with Gasteiger partial charge in [0.1, 0.15) is 0 Å². The van der Waals surface area contributed by atoms with E-state index in [4.69, 9.17) is 5.53 Å². The molecular formula is C10H16N2O2S. The molecule has 1 fully saturated rings. The van der Waals surface area contributed by atoms with Crippen LogP contribution < -0.4 is 0 Å². The summed E-state index contributed by atoms with van der Waals surface area (Å²) in [7, 11) is -3.48. The summed E-state index contributed by atoms with van der Waals surface area (Å²) in [5.41, 5.74) is 8.92. The average molecular weight is 228 g/mol. The van der Waals surface area contributed by atoms with Crippen LogP contribution in [-0.4, -0.2) is 24.0 Å². The molecule has 0 aliphatic heterocycles. The molecule has 1 rings (SSSR count). The SMILES string of the molecule is C=CC(C1CCCCC1)S(=O)(=O)C=[N+]=[N-]. The van der Waals surface area contributed by atoms with E-state index >= 15 is 0 Å². The third kappa shape index (κ3) is 3.01. The Morgan fingerprint density at radius 2 is 1.93 bits per heavy atom. The highest BCUT2D eigenvalue weighted by atomic mass is 32.2. The molecule has 1 saturated carbocycles. The van der Waals surface area contributed by atoms with Gasteiger partial charge in [-0.05, 0) is 18.8 Å². The molecule has 4 nitrogen and oxygen atoms in total. The second kappa shape index (κ2) is 5.24. The first-order valence-corrected chi connectivity index (χ1v) is 6.76. The molecule has 1 unspecified atom stereocenters. The topological polar surface area (TPSA) is 70.5 Å². The van der Waals surface area contributed by atoms with Crippen molar-refractivity contribution in [2.45, 2.75) is 37.4 Å². The minimum atomic E-state index is -3.48. The van der Waals surface area contributed by atoms with E-state index in [-0.39, 0.29) is 5.92 Å². The molecule has 84 valence electrons. The van der Waals surface area contributed by atoms with Crippen LogP contribution >= 0.6 is 0 Å². The molecule has 0 bridgehead atoms. The van der Waals surface area contributed by atoms with Crippen LogP contribution in [0, 0.1) is 5.92 Å². The van der Waals surface area contributed by atoms with E-state index in [0.29, 0.717) is 5.55 Å². The number of hydrogen-bond acceptors (Lipinski definition) is 2. The monoisotopic (exact) mass is 228 g/mol. The fourth-order valence-electron chi connectivity index (χ4n) is 2.19. The van der Waals surface area contributed by atoms with Gasteiger partial charge in [0.15, 0.2) is 0 Å². The summed E-state index contributed by atoms with van der Waals surface area (Å²) in [5, 5.41) is -0.603. The maximum absolute atomic E-state index is 11.7.